The summed E-state index contributed by atoms with van der Waals surface area (Å²) in [5, 5.41) is 7.71. The van der Waals surface area contributed by atoms with Gasteiger partial charge in [-0.25, -0.2) is 15.9 Å². The van der Waals surface area contributed by atoms with Crippen LogP contribution in [0.4, 0.5) is 4.39 Å². The average molecular weight is 621 g/mol. The van der Waals surface area contributed by atoms with Gasteiger partial charge in [0.15, 0.2) is 11.5 Å². The molecule has 1 N–H and O–H groups in total. The van der Waals surface area contributed by atoms with Crippen LogP contribution in [0.15, 0.2) is 58.9 Å². The summed E-state index contributed by atoms with van der Waals surface area (Å²) in [6, 6.07) is 5.60. The number of aromatic nitrogens is 6. The van der Waals surface area contributed by atoms with Crippen molar-refractivity contribution in [3.05, 3.63) is 104 Å². The molecular weight excluding hydrogens is 587 g/mol. The van der Waals surface area contributed by atoms with Crippen LogP contribution in [0.2, 0.25) is 0 Å². The lowest BCUT2D eigenvalue weighted by molar-refractivity contribution is -0.129. The van der Waals surface area contributed by atoms with E-state index in [9.17, 15) is 14.4 Å². The number of fused-ring (bicyclic) bond motifs is 2. The molecule has 1 aliphatic rings. The molecule has 0 aliphatic carbocycles. The number of carbonyl (C=O) groups is 1. The van der Waals surface area contributed by atoms with Crippen LogP contribution in [0.1, 0.15) is 55.5 Å². The van der Waals surface area contributed by atoms with E-state index in [1.165, 1.54) is 21.3 Å². The highest BCUT2D eigenvalue weighted by molar-refractivity contribution is 5.96. The summed E-state index contributed by atoms with van der Waals surface area (Å²) in [6.45, 7) is 18.8. The summed E-state index contributed by atoms with van der Waals surface area (Å²) in [4.78, 5) is 55.5. The minimum Gasteiger partial charge on any atom is -0.329 e. The van der Waals surface area contributed by atoms with Gasteiger partial charge in [0, 0.05) is 35.8 Å². The van der Waals surface area contributed by atoms with Crippen LogP contribution in [-0.2, 0) is 4.79 Å². The molecule has 6 rings (SSSR count). The predicted molar refractivity (Wildman–Crippen MR) is 173 cm³/mol. The van der Waals surface area contributed by atoms with Gasteiger partial charge in [-0.05, 0) is 61.9 Å². The number of H-pyrrole nitrogens is 1. The Bertz CT molecular complexity index is 2210. The summed E-state index contributed by atoms with van der Waals surface area (Å²) in [5.74, 6) is -1.09. The van der Waals surface area contributed by atoms with E-state index in [0.29, 0.717) is 39.8 Å². The molecule has 4 aromatic heterocycles. The number of benzene rings is 1. The second-order valence-corrected chi connectivity index (χ2v) is 12.0. The number of nitrogens with one attached hydrogen (secondary N) is 1. The molecule has 0 spiro atoms. The fourth-order valence-corrected chi connectivity index (χ4v) is 6.64. The largest absolute Gasteiger partial charge is 0.329 e. The lowest BCUT2D eigenvalue weighted by atomic mass is 9.96. The van der Waals surface area contributed by atoms with Gasteiger partial charge in [0.1, 0.15) is 11.7 Å². The Kier molecular flexibility index (Phi) is 7.85. The molecule has 5 aromatic rings. The van der Waals surface area contributed by atoms with Crippen LogP contribution in [0.25, 0.3) is 43.9 Å². The normalized spacial score (nSPS) is 16.7. The molecule has 1 saturated heterocycles. The number of hydrogen-bond donors (Lipinski definition) is 1. The zero-order valence-electron chi connectivity index (χ0n) is 26.0. The number of likely N-dealkylation sites (tertiary alicyclic amines) is 1. The highest BCUT2D eigenvalue weighted by Crippen LogP contribution is 2.35. The van der Waals surface area contributed by atoms with E-state index >= 15 is 4.39 Å². The number of nitrogens with zero attached hydrogens (tertiary/aromatic N) is 7. The first-order valence-electron chi connectivity index (χ1n) is 15.1. The third kappa shape index (κ3) is 4.88. The van der Waals surface area contributed by atoms with E-state index in [2.05, 4.69) is 26.6 Å². The quantitative estimate of drug-likeness (QED) is 0.162. The van der Waals surface area contributed by atoms with Gasteiger partial charge in [0.2, 0.25) is 12.5 Å². The fraction of sp³-hybridized carbons (Fsp3) is 0.324. The van der Waals surface area contributed by atoms with Gasteiger partial charge in [-0.15, -0.1) is 0 Å². The van der Waals surface area contributed by atoms with Gasteiger partial charge in [-0.2, -0.15) is 5.10 Å². The minimum absolute atomic E-state index is 0.0111. The highest BCUT2D eigenvalue weighted by Gasteiger charge is 2.36. The predicted octanol–water partition coefficient (Wildman–Crippen LogP) is 5.00. The topological polar surface area (TPSA) is 123 Å². The fourth-order valence-electron chi connectivity index (χ4n) is 6.64. The summed E-state index contributed by atoms with van der Waals surface area (Å²) >= 11 is 0. The van der Waals surface area contributed by atoms with Gasteiger partial charge in [0.05, 0.1) is 28.6 Å². The zero-order valence-corrected chi connectivity index (χ0v) is 26.0. The third-order valence-electron chi connectivity index (χ3n) is 8.82. The Morgan fingerprint density at radius 2 is 2.00 bits per heavy atom. The Balaban J connectivity index is 1.69. The zero-order chi connectivity index (χ0) is 32.9. The molecule has 0 bridgehead atoms. The average Bonchev–Trinajstić information content (AvgIpc) is 3.51. The highest BCUT2D eigenvalue weighted by atomic mass is 19.1. The van der Waals surface area contributed by atoms with Crippen LogP contribution in [0, 0.1) is 26.2 Å². The van der Waals surface area contributed by atoms with E-state index in [4.69, 9.17) is 11.6 Å². The number of amides is 1. The maximum Gasteiger partial charge on any atom is 0.322 e. The Hall–Kier alpha value is -5.44. The number of rotatable bonds is 6. The Labute approximate surface area is 263 Å². The molecule has 2 atom stereocenters. The Morgan fingerprint density at radius 1 is 1.22 bits per heavy atom. The van der Waals surface area contributed by atoms with E-state index < -0.39 is 29.0 Å². The molecule has 11 nitrogen and oxygen atoms in total. The Morgan fingerprint density at radius 3 is 2.72 bits per heavy atom. The molecular formula is C34H33FN8O3. The maximum absolute atomic E-state index is 16.4. The van der Waals surface area contributed by atoms with Gasteiger partial charge < -0.3 is 9.74 Å². The standard InChI is InChI=1S/C34H33FN8O3/c1-7-27(44)41-13-11-21(14-22(41)16-36-6)42-26-15-24(35)30(28-19(4)8-9-25-23(28)17-38-40-25)39-32(26)43(34(46)33(42)45)31-20(5)10-12-37-29(31)18(2)3/h7-10,12,15,17-18,21-22H,1,11,13-14,16H2,2-5H3,(H,38,40)/t21?,22-/m1/s1. The SMILES string of the molecule is [C-]#[N+]C[C@H]1CC(n2c(=O)c(=O)n(-c3c(C)ccnc3C(C)C)c3nc(-c4c(C)ccc5[nH]ncc45)c(F)cc32)CCN1C(=O)C=C. The first-order chi connectivity index (χ1) is 22.1. The molecule has 1 unspecified atom stereocenters. The van der Waals surface area contributed by atoms with E-state index in [0.717, 1.165) is 5.56 Å². The van der Waals surface area contributed by atoms with E-state index in [1.807, 2.05) is 39.8 Å². The van der Waals surface area contributed by atoms with Crippen LogP contribution in [0.3, 0.4) is 0 Å². The van der Waals surface area contributed by atoms with E-state index in [1.54, 1.807) is 23.4 Å². The van der Waals surface area contributed by atoms with Crippen LogP contribution in [-0.4, -0.2) is 59.2 Å². The van der Waals surface area contributed by atoms with Crippen molar-refractivity contribution in [3.8, 4) is 16.9 Å². The van der Waals surface area contributed by atoms with Crippen molar-refractivity contribution in [1.82, 2.24) is 34.2 Å². The summed E-state index contributed by atoms with van der Waals surface area (Å²) in [7, 11) is 0. The smallest absolute Gasteiger partial charge is 0.322 e. The molecule has 1 amide bonds. The molecule has 234 valence electrons. The van der Waals surface area contributed by atoms with Crippen LogP contribution >= 0.6 is 0 Å². The molecule has 1 aliphatic heterocycles. The van der Waals surface area contributed by atoms with Crippen molar-refractivity contribution < 1.29 is 9.18 Å². The van der Waals surface area contributed by atoms with Gasteiger partial charge >= 0.3 is 11.1 Å². The van der Waals surface area contributed by atoms with Crippen LogP contribution in [0.5, 0.6) is 0 Å². The number of piperidine rings is 1. The summed E-state index contributed by atoms with van der Waals surface area (Å²) < 4.78 is 19.0. The second kappa shape index (κ2) is 11.8. The van der Waals surface area contributed by atoms with Crippen molar-refractivity contribution in [2.24, 2.45) is 0 Å². The van der Waals surface area contributed by atoms with Crippen LogP contribution < -0.4 is 11.1 Å². The summed E-state index contributed by atoms with van der Waals surface area (Å²) in [5.41, 5.74) is 2.25. The van der Waals surface area contributed by atoms with Gasteiger partial charge in [-0.3, -0.25) is 33.6 Å². The number of halogens is 1. The number of carbonyl (C=O) groups excluding carboxylic acids is 1. The molecule has 12 heteroatoms. The first kappa shape index (κ1) is 30.6. The number of aryl methyl sites for hydroxylation is 2. The van der Waals surface area contributed by atoms with Crippen molar-refractivity contribution in [2.45, 2.75) is 58.5 Å². The van der Waals surface area contributed by atoms with Gasteiger partial charge in [-0.1, -0.05) is 26.5 Å². The lowest BCUT2D eigenvalue weighted by Gasteiger charge is -2.37. The molecule has 46 heavy (non-hydrogen) atoms. The lowest BCUT2D eigenvalue weighted by Crippen LogP contribution is -2.50. The molecule has 1 fully saturated rings. The van der Waals surface area contributed by atoms with Crippen molar-refractivity contribution in [2.75, 3.05) is 13.1 Å². The molecule has 1 aromatic carbocycles. The monoisotopic (exact) mass is 620 g/mol. The molecule has 0 radical (unpaired) electrons. The van der Waals surface area contributed by atoms with Crippen molar-refractivity contribution in [1.29, 1.82) is 0 Å². The van der Waals surface area contributed by atoms with Crippen molar-refractivity contribution in [3.63, 3.8) is 0 Å². The van der Waals surface area contributed by atoms with E-state index in [-0.39, 0.29) is 48.2 Å². The molecule has 5 heterocycles. The minimum atomic E-state index is -0.847. The third-order valence-corrected chi connectivity index (χ3v) is 8.82. The summed E-state index contributed by atoms with van der Waals surface area (Å²) in [6.07, 6.45) is 4.99. The van der Waals surface area contributed by atoms with Gasteiger partial charge in [0.25, 0.3) is 0 Å². The molecule has 0 saturated carbocycles. The van der Waals surface area contributed by atoms with Crippen molar-refractivity contribution >= 4 is 28.0 Å². The number of hydrogen-bond acceptors (Lipinski definition) is 6. The second-order valence-electron chi connectivity index (χ2n) is 12.0. The number of pyridine rings is 2. The first-order valence-corrected chi connectivity index (χ1v) is 15.1. The number of aromatic amines is 1. The maximum atomic E-state index is 16.4.